The zero-order valence-corrected chi connectivity index (χ0v) is 15.0. The number of aryl methyl sites for hydroxylation is 2. The first-order valence-electron chi connectivity index (χ1n) is 8.76. The maximum atomic E-state index is 12.0. The minimum Gasteiger partial charge on any atom is -0.343 e. The molecule has 0 unspecified atom stereocenters. The van der Waals surface area contributed by atoms with Crippen molar-refractivity contribution in [2.75, 3.05) is 33.2 Å². The normalized spacial score (nSPS) is 14.0. The molecule has 3 amide bonds. The molecule has 7 heteroatoms. The van der Waals surface area contributed by atoms with Crippen molar-refractivity contribution < 1.29 is 9.59 Å². The van der Waals surface area contributed by atoms with Gasteiger partial charge in [0.25, 0.3) is 0 Å². The van der Waals surface area contributed by atoms with Crippen LogP contribution in [0.25, 0.3) is 0 Å². The number of carbonyl (C=O) groups is 2. The van der Waals surface area contributed by atoms with Crippen LogP contribution in [-0.4, -0.2) is 65.2 Å². The van der Waals surface area contributed by atoms with Crippen LogP contribution in [-0.2, 0) is 11.2 Å². The molecule has 1 aliphatic heterocycles. The summed E-state index contributed by atoms with van der Waals surface area (Å²) in [5.74, 6) is 0.140. The number of likely N-dealkylation sites (tertiary alicyclic amines) is 1. The van der Waals surface area contributed by atoms with Gasteiger partial charge in [0.2, 0.25) is 5.91 Å². The Morgan fingerprint density at radius 1 is 1.29 bits per heavy atom. The minimum absolute atomic E-state index is 0.121. The Balaban J connectivity index is 1.62. The van der Waals surface area contributed by atoms with Gasteiger partial charge in [-0.1, -0.05) is 0 Å². The first-order chi connectivity index (χ1) is 11.5. The molecule has 1 aliphatic rings. The highest BCUT2D eigenvalue weighted by Gasteiger charge is 2.17. The maximum Gasteiger partial charge on any atom is 0.317 e. The Hall–Kier alpha value is -2.05. The number of rotatable bonds is 7. The molecule has 0 radical (unpaired) electrons. The predicted molar refractivity (Wildman–Crippen MR) is 92.8 cm³/mol. The summed E-state index contributed by atoms with van der Waals surface area (Å²) in [5.41, 5.74) is 3.36. The lowest BCUT2D eigenvalue weighted by molar-refractivity contribution is -0.129. The molecular formula is C17H29N5O2. The van der Waals surface area contributed by atoms with E-state index >= 15 is 0 Å². The van der Waals surface area contributed by atoms with Crippen LogP contribution in [0.15, 0.2) is 0 Å². The lowest BCUT2D eigenvalue weighted by Gasteiger charge is -2.19. The molecule has 0 spiro atoms. The van der Waals surface area contributed by atoms with Crippen molar-refractivity contribution in [1.29, 1.82) is 0 Å². The van der Waals surface area contributed by atoms with Crippen molar-refractivity contribution >= 4 is 11.9 Å². The number of carbonyl (C=O) groups excluding carboxylic acids is 2. The minimum atomic E-state index is -0.121. The Morgan fingerprint density at radius 2 is 2.00 bits per heavy atom. The van der Waals surface area contributed by atoms with E-state index in [1.165, 1.54) is 5.56 Å². The summed E-state index contributed by atoms with van der Waals surface area (Å²) < 4.78 is 0. The number of urea groups is 1. The second-order valence-electron chi connectivity index (χ2n) is 6.51. The summed E-state index contributed by atoms with van der Waals surface area (Å²) in [7, 11) is 1.78. The van der Waals surface area contributed by atoms with Crippen molar-refractivity contribution in [2.24, 2.45) is 0 Å². The molecule has 1 aromatic rings. The van der Waals surface area contributed by atoms with Crippen LogP contribution in [0.4, 0.5) is 4.79 Å². The van der Waals surface area contributed by atoms with E-state index in [2.05, 4.69) is 15.5 Å². The lowest BCUT2D eigenvalue weighted by atomic mass is 10.1. The van der Waals surface area contributed by atoms with Gasteiger partial charge in [0.05, 0.1) is 5.69 Å². The number of hydrogen-bond acceptors (Lipinski definition) is 3. The molecule has 2 rings (SSSR count). The first-order valence-corrected chi connectivity index (χ1v) is 8.76. The van der Waals surface area contributed by atoms with Gasteiger partial charge in [-0.2, -0.15) is 5.10 Å². The molecular weight excluding hydrogens is 306 g/mol. The third kappa shape index (κ3) is 4.97. The smallest absolute Gasteiger partial charge is 0.317 e. The molecule has 7 nitrogen and oxygen atoms in total. The topological polar surface area (TPSA) is 81.3 Å². The second kappa shape index (κ2) is 8.70. The van der Waals surface area contributed by atoms with Crippen molar-refractivity contribution in [3.05, 3.63) is 17.0 Å². The highest BCUT2D eigenvalue weighted by atomic mass is 16.2. The third-order valence-corrected chi connectivity index (χ3v) is 4.62. The summed E-state index contributed by atoms with van der Waals surface area (Å²) in [5, 5.41) is 9.99. The zero-order valence-electron chi connectivity index (χ0n) is 15.0. The fourth-order valence-electron chi connectivity index (χ4n) is 3.07. The van der Waals surface area contributed by atoms with Gasteiger partial charge in [-0.25, -0.2) is 4.79 Å². The molecule has 0 saturated carbocycles. The highest BCUT2D eigenvalue weighted by molar-refractivity contribution is 5.78. The largest absolute Gasteiger partial charge is 0.343 e. The van der Waals surface area contributed by atoms with Crippen LogP contribution in [0.3, 0.4) is 0 Å². The standard InChI is InChI=1S/C17H29N5O2/c1-13-15(14(2)20-19-13)7-6-10-21(3)17(24)18-9-8-16(23)22-11-4-5-12-22/h4-12H2,1-3H3,(H,18,24)(H,19,20). The number of aromatic nitrogens is 2. The number of aromatic amines is 1. The summed E-state index contributed by atoms with van der Waals surface area (Å²) in [6.07, 6.45) is 4.36. The SMILES string of the molecule is Cc1n[nH]c(C)c1CCCN(C)C(=O)NCCC(=O)N1CCCC1. The zero-order chi connectivity index (χ0) is 17.5. The van der Waals surface area contributed by atoms with Gasteiger partial charge in [-0.05, 0) is 45.1 Å². The first kappa shape index (κ1) is 18.3. The van der Waals surface area contributed by atoms with E-state index in [1.54, 1.807) is 11.9 Å². The summed E-state index contributed by atoms with van der Waals surface area (Å²) in [6, 6.07) is -0.121. The summed E-state index contributed by atoms with van der Waals surface area (Å²) >= 11 is 0. The van der Waals surface area contributed by atoms with Crippen molar-refractivity contribution in [3.63, 3.8) is 0 Å². The monoisotopic (exact) mass is 335 g/mol. The number of H-pyrrole nitrogens is 1. The average molecular weight is 335 g/mol. The Labute approximate surface area is 143 Å². The molecule has 0 aromatic carbocycles. The number of nitrogens with one attached hydrogen (secondary N) is 2. The highest BCUT2D eigenvalue weighted by Crippen LogP contribution is 2.12. The van der Waals surface area contributed by atoms with Crippen LogP contribution < -0.4 is 5.32 Å². The van der Waals surface area contributed by atoms with E-state index in [9.17, 15) is 9.59 Å². The fraction of sp³-hybridized carbons (Fsp3) is 0.706. The van der Waals surface area contributed by atoms with Crippen molar-refractivity contribution in [1.82, 2.24) is 25.3 Å². The molecule has 2 N–H and O–H groups in total. The van der Waals surface area contributed by atoms with E-state index in [0.717, 1.165) is 50.2 Å². The fourth-order valence-corrected chi connectivity index (χ4v) is 3.07. The van der Waals surface area contributed by atoms with Crippen LogP contribution in [0.5, 0.6) is 0 Å². The summed E-state index contributed by atoms with van der Waals surface area (Å²) in [6.45, 7) is 6.81. The van der Waals surface area contributed by atoms with Gasteiger partial charge < -0.3 is 15.1 Å². The molecule has 0 bridgehead atoms. The van der Waals surface area contributed by atoms with E-state index < -0.39 is 0 Å². The van der Waals surface area contributed by atoms with Crippen molar-refractivity contribution in [2.45, 2.75) is 46.0 Å². The Morgan fingerprint density at radius 3 is 2.62 bits per heavy atom. The van der Waals surface area contributed by atoms with Gasteiger partial charge in [-0.15, -0.1) is 0 Å². The lowest BCUT2D eigenvalue weighted by Crippen LogP contribution is -2.40. The van der Waals surface area contributed by atoms with Gasteiger partial charge in [0.15, 0.2) is 0 Å². The van der Waals surface area contributed by atoms with Crippen molar-refractivity contribution in [3.8, 4) is 0 Å². The second-order valence-corrected chi connectivity index (χ2v) is 6.51. The summed E-state index contributed by atoms with van der Waals surface area (Å²) in [4.78, 5) is 27.5. The molecule has 134 valence electrons. The number of amides is 3. The van der Waals surface area contributed by atoms with E-state index in [0.29, 0.717) is 19.5 Å². The Kier molecular flexibility index (Phi) is 6.63. The quantitative estimate of drug-likeness (QED) is 0.794. The Bertz CT molecular complexity index is 544. The average Bonchev–Trinajstić information content (AvgIpc) is 3.19. The maximum absolute atomic E-state index is 12.0. The van der Waals surface area contributed by atoms with Gasteiger partial charge in [0.1, 0.15) is 0 Å². The van der Waals surface area contributed by atoms with E-state index in [1.807, 2.05) is 18.7 Å². The van der Waals surface area contributed by atoms with Crippen LogP contribution in [0, 0.1) is 13.8 Å². The molecule has 1 aromatic heterocycles. The van der Waals surface area contributed by atoms with Gasteiger partial charge in [-0.3, -0.25) is 9.89 Å². The molecule has 1 saturated heterocycles. The van der Waals surface area contributed by atoms with E-state index in [4.69, 9.17) is 0 Å². The van der Waals surface area contributed by atoms with Gasteiger partial charge >= 0.3 is 6.03 Å². The number of hydrogen-bond donors (Lipinski definition) is 2. The predicted octanol–water partition coefficient (Wildman–Crippen LogP) is 1.61. The molecule has 0 aliphatic carbocycles. The van der Waals surface area contributed by atoms with Crippen LogP contribution in [0.1, 0.15) is 42.6 Å². The molecule has 0 atom stereocenters. The molecule has 24 heavy (non-hydrogen) atoms. The molecule has 1 fully saturated rings. The third-order valence-electron chi connectivity index (χ3n) is 4.62. The van der Waals surface area contributed by atoms with E-state index in [-0.39, 0.29) is 11.9 Å². The van der Waals surface area contributed by atoms with Gasteiger partial charge in [0, 0.05) is 45.3 Å². The van der Waals surface area contributed by atoms with Crippen LogP contribution in [0.2, 0.25) is 0 Å². The number of nitrogens with zero attached hydrogens (tertiary/aromatic N) is 3. The molecule has 2 heterocycles. The van der Waals surface area contributed by atoms with Crippen LogP contribution >= 0.6 is 0 Å².